The molecule has 2 bridgehead atoms. The van der Waals surface area contributed by atoms with Crippen LogP contribution < -0.4 is 26.6 Å². The van der Waals surface area contributed by atoms with Crippen LogP contribution in [0.1, 0.15) is 96.3 Å². The molecule has 0 spiro atoms. The maximum absolute atomic E-state index is 14.5. The molecule has 3 fully saturated rings. The van der Waals surface area contributed by atoms with E-state index in [4.69, 9.17) is 14.2 Å². The van der Waals surface area contributed by atoms with E-state index in [0.717, 1.165) is 42.4 Å². The summed E-state index contributed by atoms with van der Waals surface area (Å²) in [7, 11) is 4.83. The van der Waals surface area contributed by atoms with Crippen LogP contribution in [0.4, 0.5) is 10.5 Å². The normalized spacial score (nSPS) is 21.3. The zero-order valence-electron chi connectivity index (χ0n) is 42.9. The van der Waals surface area contributed by atoms with Gasteiger partial charge in [-0.2, -0.15) is 0 Å². The second-order valence-electron chi connectivity index (χ2n) is 20.1. The van der Waals surface area contributed by atoms with E-state index in [0.29, 0.717) is 31.1 Å². The number of carbonyl (C=O) groups excluding carboxylic acids is 6. The third kappa shape index (κ3) is 14.4. The summed E-state index contributed by atoms with van der Waals surface area (Å²) in [4.78, 5) is 86.5. The fourth-order valence-corrected chi connectivity index (χ4v) is 10.7. The molecule has 16 nitrogen and oxygen atoms in total. The highest BCUT2D eigenvalue weighted by Gasteiger charge is 2.46. The summed E-state index contributed by atoms with van der Waals surface area (Å²) in [6, 6.07) is 23.3. The summed E-state index contributed by atoms with van der Waals surface area (Å²) in [6.45, 7) is 10.5. The average Bonchev–Trinajstić information content (AvgIpc) is 4.16. The van der Waals surface area contributed by atoms with E-state index in [1.54, 1.807) is 55.1 Å². The number of carbonyl (C=O) groups is 6. The zero-order valence-corrected chi connectivity index (χ0v) is 42.9. The number of likely N-dealkylation sites (N-methyl/N-ethyl adjacent to an activating group) is 1. The fraction of sp³-hybridized carbons (Fsp3) is 0.564. The number of hydrogen-bond donors (Lipinski definition) is 5. The topological polar surface area (TPSA) is 197 Å². The quantitative estimate of drug-likeness (QED) is 0.0713. The molecule has 11 atom stereocenters. The minimum absolute atomic E-state index is 0.0114. The smallest absolute Gasteiger partial charge is 0.407 e. The number of piperidine rings is 1. The molecule has 16 heteroatoms. The first-order valence-electron chi connectivity index (χ1n) is 25.5. The van der Waals surface area contributed by atoms with Crippen molar-refractivity contribution in [3.63, 3.8) is 0 Å². The van der Waals surface area contributed by atoms with E-state index in [2.05, 4.69) is 26.6 Å². The van der Waals surface area contributed by atoms with Crippen molar-refractivity contribution in [2.24, 2.45) is 23.7 Å². The van der Waals surface area contributed by atoms with E-state index in [1.807, 2.05) is 88.4 Å². The third-order valence-electron chi connectivity index (χ3n) is 14.9. The van der Waals surface area contributed by atoms with Crippen LogP contribution in [0.15, 0.2) is 84.9 Å². The highest BCUT2D eigenvalue weighted by Crippen LogP contribution is 2.36. The van der Waals surface area contributed by atoms with Gasteiger partial charge >= 0.3 is 6.09 Å². The highest BCUT2D eigenvalue weighted by atomic mass is 16.5. The van der Waals surface area contributed by atoms with Crippen LogP contribution in [-0.4, -0.2) is 122 Å². The van der Waals surface area contributed by atoms with Crippen LogP contribution in [0.2, 0.25) is 0 Å². The molecule has 0 aromatic heterocycles. The third-order valence-corrected chi connectivity index (χ3v) is 14.9. The van der Waals surface area contributed by atoms with E-state index in [9.17, 15) is 28.8 Å². The highest BCUT2D eigenvalue weighted by molar-refractivity contribution is 5.98. The van der Waals surface area contributed by atoms with Crippen LogP contribution in [0.3, 0.4) is 0 Å². The van der Waals surface area contributed by atoms with Crippen molar-refractivity contribution < 1.29 is 43.0 Å². The van der Waals surface area contributed by atoms with Gasteiger partial charge in [-0.25, -0.2) is 4.79 Å². The molecule has 3 aromatic rings. The number of likely N-dealkylation sites (tertiary alicyclic amines) is 1. The van der Waals surface area contributed by atoms with Gasteiger partial charge in [0.25, 0.3) is 0 Å². The van der Waals surface area contributed by atoms with Crippen molar-refractivity contribution >= 4 is 41.3 Å². The second-order valence-corrected chi connectivity index (χ2v) is 20.1. The Labute approximate surface area is 420 Å². The van der Waals surface area contributed by atoms with E-state index < -0.39 is 60.2 Å². The van der Waals surface area contributed by atoms with Gasteiger partial charge in [0.05, 0.1) is 42.7 Å². The Kier molecular flexibility index (Phi) is 20.0. The zero-order chi connectivity index (χ0) is 51.2. The van der Waals surface area contributed by atoms with E-state index in [-0.39, 0.29) is 67.5 Å². The van der Waals surface area contributed by atoms with Crippen LogP contribution in [0.5, 0.6) is 0 Å². The molecule has 2 saturated heterocycles. The van der Waals surface area contributed by atoms with E-state index in [1.165, 1.54) is 7.11 Å². The van der Waals surface area contributed by atoms with Crippen LogP contribution >= 0.6 is 0 Å². The van der Waals surface area contributed by atoms with Gasteiger partial charge in [0.1, 0.15) is 18.7 Å². The SMILES string of the molecule is CC[C@H](C)[C@@H]([C@@H](CC(=O)N1CCCC1[C@H](OC)[C@@H](C)C(=O)NC(Cc1ccccc1)C(=O)Nc1ccc(CNC(=O)OCc2ccccc2)cc1)OC)N(C)C(=O)C(NC(=O)[C@H]1N[C@@H]2CC[C@H]1C2)C(C)C. The lowest BCUT2D eigenvalue weighted by Crippen LogP contribution is -2.60. The van der Waals surface area contributed by atoms with Gasteiger partial charge in [-0.3, -0.25) is 24.0 Å². The summed E-state index contributed by atoms with van der Waals surface area (Å²) in [5.74, 6) is -2.07. The molecule has 6 amide bonds. The Morgan fingerprint density at radius 2 is 1.48 bits per heavy atom. The first-order chi connectivity index (χ1) is 34.1. The molecule has 1 saturated carbocycles. The molecular formula is C55H77N7O9. The Morgan fingerprint density at radius 3 is 2.07 bits per heavy atom. The number of rotatable bonds is 24. The summed E-state index contributed by atoms with van der Waals surface area (Å²) in [6.07, 6.45) is 3.39. The number of ether oxygens (including phenoxy) is 3. The van der Waals surface area contributed by atoms with Crippen molar-refractivity contribution in [2.45, 2.75) is 148 Å². The lowest BCUT2D eigenvalue weighted by Gasteiger charge is -2.41. The number of nitrogens with zero attached hydrogens (tertiary/aromatic N) is 2. The molecule has 3 aromatic carbocycles. The molecule has 2 heterocycles. The summed E-state index contributed by atoms with van der Waals surface area (Å²) >= 11 is 0. The van der Waals surface area contributed by atoms with Crippen LogP contribution in [0.25, 0.3) is 0 Å². The van der Waals surface area contributed by atoms with Gasteiger partial charge in [-0.05, 0) is 78.7 Å². The summed E-state index contributed by atoms with van der Waals surface area (Å²) in [5, 5.41) is 15.2. The Bertz CT molecular complexity index is 2230. The molecule has 0 radical (unpaired) electrons. The molecule has 1 aliphatic carbocycles. The number of amides is 6. The van der Waals surface area contributed by atoms with Gasteiger partial charge < -0.3 is 50.6 Å². The van der Waals surface area contributed by atoms with Crippen LogP contribution in [-0.2, 0) is 57.8 Å². The monoisotopic (exact) mass is 980 g/mol. The molecular weight excluding hydrogens is 903 g/mol. The lowest BCUT2D eigenvalue weighted by molar-refractivity contribution is -0.148. The Hall–Kier alpha value is -5.84. The number of benzene rings is 3. The number of methoxy groups -OCH3 is 2. The van der Waals surface area contributed by atoms with Crippen molar-refractivity contribution in [1.82, 2.24) is 31.1 Å². The molecule has 2 aliphatic heterocycles. The number of nitrogens with one attached hydrogen (secondary N) is 5. The first-order valence-corrected chi connectivity index (χ1v) is 25.5. The molecule has 6 rings (SSSR count). The van der Waals surface area contributed by atoms with Gasteiger partial charge in [-0.15, -0.1) is 0 Å². The largest absolute Gasteiger partial charge is 0.445 e. The standard InChI is InChI=1S/C55H77N7O9/c1-9-35(4)49(61(6)54(67)47(34(2)3)60-53(66)48-40-24-27-42(30-40)57-48)45(69-7)31-46(63)62-28-16-21-44(62)50(70-8)36(5)51(64)59-43(29-37-17-12-10-13-18-37)52(65)58-41-25-22-38(23-26-41)32-56-55(68)71-33-39-19-14-11-15-20-39/h10-15,17-20,22-23,25-26,34-36,40,42-45,47-50,57H,9,16,21,24,27-33H2,1-8H3,(H,56,68)(H,58,65)(H,59,64)(H,60,66)/t35-,36+,40-,42+,43?,44?,45+,47?,48-,49-,50+/m0/s1. The van der Waals surface area contributed by atoms with Crippen molar-refractivity contribution in [1.29, 1.82) is 0 Å². The number of hydrogen-bond acceptors (Lipinski definition) is 10. The van der Waals surface area contributed by atoms with Gasteiger partial charge in [-0.1, -0.05) is 114 Å². The summed E-state index contributed by atoms with van der Waals surface area (Å²) in [5.41, 5.74) is 3.04. The predicted octanol–water partition coefficient (Wildman–Crippen LogP) is 5.98. The van der Waals surface area contributed by atoms with Gasteiger partial charge in [0.2, 0.25) is 29.5 Å². The molecule has 3 unspecified atom stereocenters. The van der Waals surface area contributed by atoms with Crippen molar-refractivity contribution in [3.8, 4) is 0 Å². The molecule has 5 N–H and O–H groups in total. The summed E-state index contributed by atoms with van der Waals surface area (Å²) < 4.78 is 17.5. The van der Waals surface area contributed by atoms with Gasteiger partial charge in [0.15, 0.2) is 0 Å². The fourth-order valence-electron chi connectivity index (χ4n) is 10.7. The number of fused-ring (bicyclic) bond motifs is 2. The Morgan fingerprint density at radius 1 is 0.803 bits per heavy atom. The molecule has 386 valence electrons. The molecule has 3 aliphatic rings. The average molecular weight is 980 g/mol. The Balaban J connectivity index is 1.08. The number of alkyl carbamates (subject to hydrolysis) is 1. The van der Waals surface area contributed by atoms with Gasteiger partial charge in [0, 0.05) is 52.5 Å². The lowest BCUT2D eigenvalue weighted by atomic mass is 9.89. The van der Waals surface area contributed by atoms with Crippen molar-refractivity contribution in [3.05, 3.63) is 102 Å². The molecule has 71 heavy (non-hydrogen) atoms. The first kappa shape index (κ1) is 54.5. The minimum Gasteiger partial charge on any atom is -0.445 e. The van der Waals surface area contributed by atoms with E-state index >= 15 is 0 Å². The second kappa shape index (κ2) is 26.0. The maximum Gasteiger partial charge on any atom is 0.407 e. The maximum atomic E-state index is 14.5. The predicted molar refractivity (Wildman–Crippen MR) is 272 cm³/mol. The van der Waals surface area contributed by atoms with Crippen LogP contribution in [0, 0.1) is 23.7 Å². The number of anilines is 1. The minimum atomic E-state index is -0.954. The van der Waals surface area contributed by atoms with Crippen molar-refractivity contribution in [2.75, 3.05) is 33.1 Å².